The fourth-order valence-corrected chi connectivity index (χ4v) is 4.44. The molecular weight excluding hydrogens is 427 g/mol. The third-order valence-electron chi connectivity index (χ3n) is 4.20. The molecule has 0 atom stereocenters. The van der Waals surface area contributed by atoms with E-state index in [0.29, 0.717) is 40.3 Å². The van der Waals surface area contributed by atoms with Gasteiger partial charge in [0.2, 0.25) is 5.95 Å². The van der Waals surface area contributed by atoms with E-state index < -0.39 is 9.84 Å². The van der Waals surface area contributed by atoms with Crippen molar-refractivity contribution >= 4 is 37.2 Å². The maximum absolute atomic E-state index is 14.3. The van der Waals surface area contributed by atoms with Crippen molar-refractivity contribution in [3.05, 3.63) is 46.1 Å². The van der Waals surface area contributed by atoms with Crippen molar-refractivity contribution in [3.8, 4) is 5.75 Å². The van der Waals surface area contributed by atoms with E-state index in [4.69, 9.17) is 4.74 Å². The van der Waals surface area contributed by atoms with Gasteiger partial charge in [-0.2, -0.15) is 0 Å². The predicted octanol–water partition coefficient (Wildman–Crippen LogP) is 2.58. The molecule has 0 bridgehead atoms. The number of aromatic nitrogens is 3. The van der Waals surface area contributed by atoms with E-state index in [1.165, 1.54) is 23.0 Å². The highest BCUT2D eigenvalue weighted by atomic mass is 79.9. The molecule has 10 heteroatoms. The molecule has 2 aromatic heterocycles. The summed E-state index contributed by atoms with van der Waals surface area (Å²) < 4.78 is 45.6. The number of benzene rings is 1. The first-order valence-electron chi connectivity index (χ1n) is 7.75. The zero-order valence-corrected chi connectivity index (χ0v) is 16.1. The fourth-order valence-electron chi connectivity index (χ4n) is 3.03. The lowest BCUT2D eigenvalue weighted by Gasteiger charge is -2.12. The molecule has 26 heavy (non-hydrogen) atoms. The number of rotatable bonds is 4. The number of hydrogen-bond donors (Lipinski definition) is 1. The number of sulfone groups is 1. The number of nitrogens with zero attached hydrogens (tertiary/aromatic N) is 3. The second kappa shape index (κ2) is 6.20. The minimum atomic E-state index is -3.50. The number of halogens is 2. The highest BCUT2D eigenvalue weighted by Crippen LogP contribution is 2.31. The molecule has 0 spiro atoms. The quantitative estimate of drug-likeness (QED) is 0.670. The largest absolute Gasteiger partial charge is 0.493 e. The minimum absolute atomic E-state index is 0.0463. The van der Waals surface area contributed by atoms with Gasteiger partial charge in [0.15, 0.2) is 14.9 Å². The van der Waals surface area contributed by atoms with Gasteiger partial charge < -0.3 is 10.1 Å². The van der Waals surface area contributed by atoms with E-state index in [2.05, 4.69) is 31.2 Å². The standard InChI is InChI=1S/C16H14BrFN4O3S/c1-26(23,24)15-14-11(17)7-20-16(22(14)8-21-15)19-6-10-9-4-5-25-13(9)3-2-12(10)18/h2-3,7-8H,4-6H2,1H3,(H,19,20). The van der Waals surface area contributed by atoms with E-state index in [1.54, 1.807) is 6.07 Å². The Bertz CT molecular complexity index is 1130. The Kier molecular flexibility index (Phi) is 4.11. The van der Waals surface area contributed by atoms with E-state index in [9.17, 15) is 12.8 Å². The number of nitrogens with one attached hydrogen (secondary N) is 1. The van der Waals surface area contributed by atoms with Gasteiger partial charge in [-0.25, -0.2) is 22.8 Å². The molecule has 3 heterocycles. The average Bonchev–Trinajstić information content (AvgIpc) is 3.22. The Morgan fingerprint density at radius 2 is 2.19 bits per heavy atom. The molecule has 3 aromatic rings. The van der Waals surface area contributed by atoms with Crippen LogP contribution in [-0.4, -0.2) is 35.6 Å². The third-order valence-corrected chi connectivity index (χ3v) is 5.79. The first-order valence-corrected chi connectivity index (χ1v) is 10.4. The van der Waals surface area contributed by atoms with E-state index >= 15 is 0 Å². The van der Waals surface area contributed by atoms with E-state index in [0.717, 1.165) is 11.8 Å². The summed E-state index contributed by atoms with van der Waals surface area (Å²) in [5.74, 6) is 0.734. The molecular formula is C16H14BrFN4O3S. The van der Waals surface area contributed by atoms with Crippen LogP contribution in [0, 0.1) is 5.82 Å². The van der Waals surface area contributed by atoms with Crippen molar-refractivity contribution in [3.63, 3.8) is 0 Å². The van der Waals surface area contributed by atoms with Crippen molar-refractivity contribution in [1.29, 1.82) is 0 Å². The molecule has 0 aliphatic carbocycles. The second-order valence-corrected chi connectivity index (χ2v) is 8.71. The van der Waals surface area contributed by atoms with Crippen LogP contribution >= 0.6 is 15.9 Å². The molecule has 136 valence electrons. The summed E-state index contributed by atoms with van der Waals surface area (Å²) in [5, 5.41) is 3.02. The van der Waals surface area contributed by atoms with Crippen molar-refractivity contribution in [2.24, 2.45) is 0 Å². The van der Waals surface area contributed by atoms with Crippen LogP contribution in [0.4, 0.5) is 10.3 Å². The SMILES string of the molecule is CS(=O)(=O)c1ncn2c(NCc3c(F)ccc4c3CCO4)ncc(Br)c12. The van der Waals surface area contributed by atoms with Gasteiger partial charge in [-0.05, 0) is 28.1 Å². The molecule has 7 nitrogen and oxygen atoms in total. The summed E-state index contributed by atoms with van der Waals surface area (Å²) in [6.07, 6.45) is 4.61. The van der Waals surface area contributed by atoms with Crippen molar-refractivity contribution < 1.29 is 17.5 Å². The molecule has 0 saturated heterocycles. The number of imidazole rings is 1. The number of hydrogen-bond acceptors (Lipinski definition) is 6. The maximum atomic E-state index is 14.3. The summed E-state index contributed by atoms with van der Waals surface area (Å²) in [7, 11) is -3.50. The summed E-state index contributed by atoms with van der Waals surface area (Å²) >= 11 is 3.31. The first-order chi connectivity index (χ1) is 12.4. The summed E-state index contributed by atoms with van der Waals surface area (Å²) in [4.78, 5) is 8.25. The van der Waals surface area contributed by atoms with Gasteiger partial charge in [0.25, 0.3) is 0 Å². The molecule has 1 aliphatic rings. The molecule has 0 amide bonds. The van der Waals surface area contributed by atoms with Crippen molar-refractivity contribution in [1.82, 2.24) is 14.4 Å². The van der Waals surface area contributed by atoms with E-state index in [1.807, 2.05) is 0 Å². The van der Waals surface area contributed by atoms with Crippen LogP contribution in [-0.2, 0) is 22.8 Å². The molecule has 1 aromatic carbocycles. The third kappa shape index (κ3) is 2.82. The highest BCUT2D eigenvalue weighted by molar-refractivity contribution is 9.10. The topological polar surface area (TPSA) is 85.6 Å². The Labute approximate surface area is 157 Å². The summed E-state index contributed by atoms with van der Waals surface area (Å²) in [5.41, 5.74) is 1.74. The average molecular weight is 441 g/mol. The molecule has 4 rings (SSSR count). The van der Waals surface area contributed by atoms with Gasteiger partial charge >= 0.3 is 0 Å². The van der Waals surface area contributed by atoms with Crippen LogP contribution in [0.1, 0.15) is 11.1 Å². The van der Waals surface area contributed by atoms with Gasteiger partial charge in [-0.1, -0.05) is 0 Å². The van der Waals surface area contributed by atoms with Crippen LogP contribution in [0.15, 0.2) is 34.2 Å². The lowest BCUT2D eigenvalue weighted by atomic mass is 10.0. The smallest absolute Gasteiger partial charge is 0.209 e. The predicted molar refractivity (Wildman–Crippen MR) is 96.7 cm³/mol. The Morgan fingerprint density at radius 3 is 2.96 bits per heavy atom. The second-order valence-electron chi connectivity index (χ2n) is 5.92. The van der Waals surface area contributed by atoms with E-state index in [-0.39, 0.29) is 17.4 Å². The summed E-state index contributed by atoms with van der Waals surface area (Å²) in [6, 6.07) is 3.01. The van der Waals surface area contributed by atoms with Gasteiger partial charge in [0.05, 0.1) is 11.1 Å². The molecule has 0 unspecified atom stereocenters. The lowest BCUT2D eigenvalue weighted by Crippen LogP contribution is -2.09. The van der Waals surface area contributed by atoms with Gasteiger partial charge in [0, 0.05) is 36.5 Å². The van der Waals surface area contributed by atoms with Crippen LogP contribution in [0.3, 0.4) is 0 Å². The molecule has 1 N–H and O–H groups in total. The van der Waals surface area contributed by atoms with Crippen LogP contribution < -0.4 is 10.1 Å². The van der Waals surface area contributed by atoms with Gasteiger partial charge in [-0.15, -0.1) is 0 Å². The first kappa shape index (κ1) is 17.2. The zero-order chi connectivity index (χ0) is 18.5. The number of ether oxygens (including phenoxy) is 1. The highest BCUT2D eigenvalue weighted by Gasteiger charge is 2.22. The molecule has 0 saturated carbocycles. The number of fused-ring (bicyclic) bond motifs is 2. The summed E-state index contributed by atoms with van der Waals surface area (Å²) in [6.45, 7) is 0.723. The van der Waals surface area contributed by atoms with Gasteiger partial charge in [-0.3, -0.25) is 4.40 Å². The minimum Gasteiger partial charge on any atom is -0.493 e. The lowest BCUT2D eigenvalue weighted by molar-refractivity contribution is 0.356. The van der Waals surface area contributed by atoms with Crippen molar-refractivity contribution in [2.45, 2.75) is 18.0 Å². The van der Waals surface area contributed by atoms with Crippen LogP contribution in [0.5, 0.6) is 5.75 Å². The monoisotopic (exact) mass is 440 g/mol. The van der Waals surface area contributed by atoms with Crippen LogP contribution in [0.25, 0.3) is 5.52 Å². The Balaban J connectivity index is 1.73. The maximum Gasteiger partial charge on any atom is 0.209 e. The fraction of sp³-hybridized carbons (Fsp3) is 0.250. The molecule has 1 aliphatic heterocycles. The normalized spacial score (nSPS) is 13.7. The number of anilines is 1. The molecule has 0 fully saturated rings. The Morgan fingerprint density at radius 1 is 1.38 bits per heavy atom. The van der Waals surface area contributed by atoms with Crippen LogP contribution in [0.2, 0.25) is 0 Å². The zero-order valence-electron chi connectivity index (χ0n) is 13.7. The van der Waals surface area contributed by atoms with Crippen molar-refractivity contribution in [2.75, 3.05) is 18.2 Å². The molecule has 0 radical (unpaired) electrons. The Hall–Kier alpha value is -2.20. The van der Waals surface area contributed by atoms with Gasteiger partial charge in [0.1, 0.15) is 23.4 Å².